The topological polar surface area (TPSA) is 20.2 Å². The maximum Gasteiger partial charge on any atom is 0.416 e. The minimum atomic E-state index is -4.40. The van der Waals surface area contributed by atoms with E-state index in [4.69, 9.17) is 5.11 Å². The van der Waals surface area contributed by atoms with E-state index >= 15 is 0 Å². The highest BCUT2D eigenvalue weighted by molar-refractivity contribution is 7.99. The molecular weight excluding hydrogens is 273 g/mol. The van der Waals surface area contributed by atoms with Crippen molar-refractivity contribution in [3.8, 4) is 0 Å². The Kier molecular flexibility index (Phi) is 4.79. The fourth-order valence-corrected chi connectivity index (χ4v) is 3.57. The monoisotopic (exact) mass is 290 g/mol. The molecule has 0 amide bonds. The standard InChI is InChI=1S/C14H17F3OS/c15-14(16,17)13-7-12(6-5-11(13)8-18)19-9-10-3-1-2-4-10/h5-7,10,18H,1-4,8-9H2. The van der Waals surface area contributed by atoms with Gasteiger partial charge in [0.1, 0.15) is 0 Å². The van der Waals surface area contributed by atoms with Gasteiger partial charge in [0.2, 0.25) is 0 Å². The highest BCUT2D eigenvalue weighted by Crippen LogP contribution is 2.36. The molecule has 0 saturated heterocycles. The zero-order valence-electron chi connectivity index (χ0n) is 10.5. The summed E-state index contributed by atoms with van der Waals surface area (Å²) in [6.45, 7) is -0.581. The zero-order valence-corrected chi connectivity index (χ0v) is 11.4. The second-order valence-corrected chi connectivity index (χ2v) is 6.03. The van der Waals surface area contributed by atoms with Crippen LogP contribution in [0.5, 0.6) is 0 Å². The predicted octanol–water partition coefficient (Wildman–Crippen LogP) is 4.48. The zero-order chi connectivity index (χ0) is 13.9. The number of benzene rings is 1. The van der Waals surface area contributed by atoms with Crippen LogP contribution in [0, 0.1) is 5.92 Å². The van der Waals surface area contributed by atoms with E-state index in [2.05, 4.69) is 0 Å². The van der Waals surface area contributed by atoms with Crippen LogP contribution in [0.2, 0.25) is 0 Å². The molecule has 106 valence electrons. The first kappa shape index (κ1) is 14.7. The first-order valence-electron chi connectivity index (χ1n) is 6.44. The van der Waals surface area contributed by atoms with Gasteiger partial charge in [-0.15, -0.1) is 11.8 Å². The maximum absolute atomic E-state index is 12.8. The molecule has 0 unspecified atom stereocenters. The van der Waals surface area contributed by atoms with Crippen LogP contribution in [0.4, 0.5) is 13.2 Å². The van der Waals surface area contributed by atoms with Gasteiger partial charge < -0.3 is 5.11 Å². The highest BCUT2D eigenvalue weighted by atomic mass is 32.2. The number of rotatable bonds is 4. The minimum absolute atomic E-state index is 0.0577. The third kappa shape index (κ3) is 3.89. The summed E-state index contributed by atoms with van der Waals surface area (Å²) in [5.41, 5.74) is -0.774. The lowest BCUT2D eigenvalue weighted by molar-refractivity contribution is -0.138. The van der Waals surface area contributed by atoms with Gasteiger partial charge in [-0.05, 0) is 36.5 Å². The fraction of sp³-hybridized carbons (Fsp3) is 0.571. The molecule has 0 aromatic heterocycles. The van der Waals surface area contributed by atoms with E-state index in [1.165, 1.54) is 43.5 Å². The molecule has 1 nitrogen and oxygen atoms in total. The van der Waals surface area contributed by atoms with Crippen LogP contribution in [0.25, 0.3) is 0 Å². The summed E-state index contributed by atoms with van der Waals surface area (Å²) in [6, 6.07) is 4.20. The molecule has 0 bridgehead atoms. The number of aliphatic hydroxyl groups is 1. The van der Waals surface area contributed by atoms with Crippen molar-refractivity contribution >= 4 is 11.8 Å². The third-order valence-electron chi connectivity index (χ3n) is 3.52. The summed E-state index contributed by atoms with van der Waals surface area (Å²) in [4.78, 5) is 0.636. The Bertz CT molecular complexity index is 425. The van der Waals surface area contributed by atoms with Crippen molar-refractivity contribution in [2.75, 3.05) is 5.75 Å². The molecule has 2 rings (SSSR count). The molecule has 1 aliphatic carbocycles. The molecule has 0 radical (unpaired) electrons. The largest absolute Gasteiger partial charge is 0.416 e. The molecule has 1 aromatic rings. The number of alkyl halides is 3. The molecule has 19 heavy (non-hydrogen) atoms. The molecule has 1 fully saturated rings. The Morgan fingerprint density at radius 3 is 2.47 bits per heavy atom. The van der Waals surface area contributed by atoms with Gasteiger partial charge in [-0.3, -0.25) is 0 Å². The number of hydrogen-bond donors (Lipinski definition) is 1. The van der Waals surface area contributed by atoms with Crippen molar-refractivity contribution in [3.63, 3.8) is 0 Å². The highest BCUT2D eigenvalue weighted by Gasteiger charge is 2.33. The van der Waals surface area contributed by atoms with Crippen LogP contribution in [-0.4, -0.2) is 10.9 Å². The average Bonchev–Trinajstić information content (AvgIpc) is 2.88. The van der Waals surface area contributed by atoms with Gasteiger partial charge in [0.05, 0.1) is 12.2 Å². The first-order valence-corrected chi connectivity index (χ1v) is 7.43. The summed E-state index contributed by atoms with van der Waals surface area (Å²) in [5, 5.41) is 8.97. The normalized spacial score (nSPS) is 17.1. The van der Waals surface area contributed by atoms with Gasteiger partial charge in [0.25, 0.3) is 0 Å². The molecule has 1 N–H and O–H groups in total. The lowest BCUT2D eigenvalue weighted by atomic mass is 10.1. The van der Waals surface area contributed by atoms with E-state index in [9.17, 15) is 13.2 Å². The second kappa shape index (κ2) is 6.18. The van der Waals surface area contributed by atoms with Gasteiger partial charge >= 0.3 is 6.18 Å². The van der Waals surface area contributed by atoms with E-state index in [-0.39, 0.29) is 5.56 Å². The van der Waals surface area contributed by atoms with Crippen molar-refractivity contribution in [3.05, 3.63) is 29.3 Å². The van der Waals surface area contributed by atoms with E-state index in [0.717, 1.165) is 11.8 Å². The molecule has 0 aliphatic heterocycles. The SMILES string of the molecule is OCc1ccc(SCC2CCCC2)cc1C(F)(F)F. The number of aliphatic hydroxyl groups excluding tert-OH is 1. The Morgan fingerprint density at radius 1 is 1.21 bits per heavy atom. The van der Waals surface area contributed by atoms with Crippen LogP contribution in [0.1, 0.15) is 36.8 Å². The van der Waals surface area contributed by atoms with Gasteiger partial charge in [0.15, 0.2) is 0 Å². The molecule has 1 aromatic carbocycles. The Labute approximate surface area is 115 Å². The predicted molar refractivity (Wildman–Crippen MR) is 70.0 cm³/mol. The van der Waals surface area contributed by atoms with E-state index in [1.807, 2.05) is 0 Å². The smallest absolute Gasteiger partial charge is 0.392 e. The third-order valence-corrected chi connectivity index (χ3v) is 4.74. The summed E-state index contributed by atoms with van der Waals surface area (Å²) in [5.74, 6) is 1.52. The molecule has 1 saturated carbocycles. The number of hydrogen-bond acceptors (Lipinski definition) is 2. The summed E-state index contributed by atoms with van der Waals surface area (Å²) >= 11 is 1.49. The first-order chi connectivity index (χ1) is 9.00. The van der Waals surface area contributed by atoms with Crippen LogP contribution in [0.15, 0.2) is 23.1 Å². The lowest BCUT2D eigenvalue weighted by Gasteiger charge is -2.14. The van der Waals surface area contributed by atoms with Crippen molar-refractivity contribution in [1.82, 2.24) is 0 Å². The summed E-state index contributed by atoms with van der Waals surface area (Å²) < 4.78 is 38.5. The van der Waals surface area contributed by atoms with Crippen molar-refractivity contribution in [2.45, 2.75) is 43.4 Å². The van der Waals surface area contributed by atoms with Crippen LogP contribution >= 0.6 is 11.8 Å². The molecule has 0 spiro atoms. The molecule has 0 heterocycles. The van der Waals surface area contributed by atoms with Crippen LogP contribution < -0.4 is 0 Å². The molecule has 1 aliphatic rings. The Hall–Kier alpha value is -0.680. The van der Waals surface area contributed by atoms with Crippen molar-refractivity contribution < 1.29 is 18.3 Å². The number of thioether (sulfide) groups is 1. The van der Waals surface area contributed by atoms with E-state index in [0.29, 0.717) is 10.8 Å². The fourth-order valence-electron chi connectivity index (χ4n) is 2.44. The van der Waals surface area contributed by atoms with Crippen molar-refractivity contribution in [1.29, 1.82) is 0 Å². The summed E-state index contributed by atoms with van der Waals surface area (Å²) in [7, 11) is 0. The summed E-state index contributed by atoms with van der Waals surface area (Å²) in [6.07, 6.45) is 0.453. The quantitative estimate of drug-likeness (QED) is 0.825. The molecule has 5 heteroatoms. The number of halogens is 3. The molecule has 0 atom stereocenters. The van der Waals surface area contributed by atoms with Gasteiger partial charge in [0, 0.05) is 10.6 Å². The lowest BCUT2D eigenvalue weighted by Crippen LogP contribution is -2.09. The Balaban J connectivity index is 2.08. The Morgan fingerprint density at radius 2 is 1.89 bits per heavy atom. The van der Waals surface area contributed by atoms with Gasteiger partial charge in [-0.2, -0.15) is 13.2 Å². The van der Waals surface area contributed by atoms with Gasteiger partial charge in [-0.1, -0.05) is 18.9 Å². The van der Waals surface area contributed by atoms with Gasteiger partial charge in [-0.25, -0.2) is 0 Å². The molecular formula is C14H17F3OS. The van der Waals surface area contributed by atoms with Crippen LogP contribution in [-0.2, 0) is 12.8 Å². The van der Waals surface area contributed by atoms with Crippen molar-refractivity contribution in [2.24, 2.45) is 5.92 Å². The maximum atomic E-state index is 12.8. The van der Waals surface area contributed by atoms with E-state index < -0.39 is 18.3 Å². The van der Waals surface area contributed by atoms with E-state index in [1.54, 1.807) is 6.07 Å². The average molecular weight is 290 g/mol. The van der Waals surface area contributed by atoms with Crippen LogP contribution in [0.3, 0.4) is 0 Å². The minimum Gasteiger partial charge on any atom is -0.392 e. The second-order valence-electron chi connectivity index (χ2n) is 4.94.